The number of hydrogen-bond donors (Lipinski definition) is 1. The molecule has 1 saturated heterocycles. The van der Waals surface area contributed by atoms with Crippen LogP contribution >= 0.6 is 15.9 Å². The second-order valence-electron chi connectivity index (χ2n) is 7.71. The molecular formula is C23H29BrN2O2. The van der Waals surface area contributed by atoms with Gasteiger partial charge < -0.3 is 10.1 Å². The summed E-state index contributed by atoms with van der Waals surface area (Å²) in [5.74, 6) is 1.12. The zero-order chi connectivity index (χ0) is 19.9. The number of carbonyl (C=O) groups excluding carboxylic acids is 1. The SMILES string of the molecule is CC(C)Oc1cccc(CNC(=O)C2CCN(Cc3ccc(Br)cc3)CC2)c1. The van der Waals surface area contributed by atoms with Gasteiger partial charge in [-0.15, -0.1) is 0 Å². The molecular weight excluding hydrogens is 416 g/mol. The first kappa shape index (κ1) is 20.9. The van der Waals surface area contributed by atoms with Gasteiger partial charge in [-0.25, -0.2) is 0 Å². The van der Waals surface area contributed by atoms with Gasteiger partial charge in [-0.05, 0) is 75.2 Å². The first-order valence-corrected chi connectivity index (χ1v) is 10.8. The van der Waals surface area contributed by atoms with Gasteiger partial charge in [0.25, 0.3) is 0 Å². The Hall–Kier alpha value is -1.85. The summed E-state index contributed by atoms with van der Waals surface area (Å²) in [6.07, 6.45) is 1.98. The molecule has 150 valence electrons. The van der Waals surface area contributed by atoms with Gasteiger partial charge in [0.1, 0.15) is 5.75 Å². The Morgan fingerprint density at radius 1 is 1.14 bits per heavy atom. The van der Waals surface area contributed by atoms with E-state index in [1.54, 1.807) is 0 Å². The molecule has 0 bridgehead atoms. The quantitative estimate of drug-likeness (QED) is 0.668. The molecule has 1 amide bonds. The average Bonchev–Trinajstić information content (AvgIpc) is 2.68. The second kappa shape index (κ2) is 10.1. The molecule has 1 N–H and O–H groups in total. The number of amides is 1. The Bertz CT molecular complexity index is 768. The van der Waals surface area contributed by atoms with E-state index in [2.05, 4.69) is 50.4 Å². The predicted octanol–water partition coefficient (Wildman–Crippen LogP) is 4.76. The molecule has 2 aromatic carbocycles. The predicted molar refractivity (Wildman–Crippen MR) is 116 cm³/mol. The van der Waals surface area contributed by atoms with Crippen LogP contribution in [0.1, 0.15) is 37.8 Å². The fourth-order valence-electron chi connectivity index (χ4n) is 3.54. The summed E-state index contributed by atoms with van der Waals surface area (Å²) in [7, 11) is 0. The topological polar surface area (TPSA) is 41.6 Å². The third-order valence-corrected chi connectivity index (χ3v) is 5.54. The average molecular weight is 445 g/mol. The van der Waals surface area contributed by atoms with Crippen LogP contribution < -0.4 is 10.1 Å². The molecule has 3 rings (SSSR count). The monoisotopic (exact) mass is 444 g/mol. The molecule has 1 aliphatic rings. The second-order valence-corrected chi connectivity index (χ2v) is 8.62. The molecule has 0 spiro atoms. The lowest BCUT2D eigenvalue weighted by Gasteiger charge is -2.31. The normalized spacial score (nSPS) is 15.6. The van der Waals surface area contributed by atoms with Crippen LogP contribution in [0, 0.1) is 5.92 Å². The van der Waals surface area contributed by atoms with E-state index in [1.807, 2.05) is 38.1 Å². The van der Waals surface area contributed by atoms with Gasteiger partial charge in [0.15, 0.2) is 0 Å². The summed E-state index contributed by atoms with van der Waals surface area (Å²) in [5.41, 5.74) is 2.38. The molecule has 28 heavy (non-hydrogen) atoms. The van der Waals surface area contributed by atoms with Crippen LogP contribution in [-0.4, -0.2) is 30.0 Å². The lowest BCUT2D eigenvalue weighted by atomic mass is 9.95. The number of piperidine rings is 1. The highest BCUT2D eigenvalue weighted by Crippen LogP contribution is 2.21. The highest BCUT2D eigenvalue weighted by atomic mass is 79.9. The van der Waals surface area contributed by atoms with E-state index in [4.69, 9.17) is 4.74 Å². The fraction of sp³-hybridized carbons (Fsp3) is 0.435. The summed E-state index contributed by atoms with van der Waals surface area (Å²) in [5, 5.41) is 3.10. The van der Waals surface area contributed by atoms with Gasteiger partial charge in [0.2, 0.25) is 5.91 Å². The standard InChI is InChI=1S/C23H29BrN2O2/c1-17(2)28-22-5-3-4-19(14-22)15-25-23(27)20-10-12-26(13-11-20)16-18-6-8-21(24)9-7-18/h3-9,14,17,20H,10-13,15-16H2,1-2H3,(H,25,27). The Morgan fingerprint density at radius 2 is 1.86 bits per heavy atom. The third-order valence-electron chi connectivity index (χ3n) is 5.01. The molecule has 0 saturated carbocycles. The maximum atomic E-state index is 12.6. The molecule has 0 aliphatic carbocycles. The van der Waals surface area contributed by atoms with Crippen molar-refractivity contribution in [2.24, 2.45) is 5.92 Å². The van der Waals surface area contributed by atoms with Crippen molar-refractivity contribution in [1.29, 1.82) is 0 Å². The van der Waals surface area contributed by atoms with E-state index < -0.39 is 0 Å². The number of nitrogens with one attached hydrogen (secondary N) is 1. The molecule has 0 radical (unpaired) electrons. The number of hydrogen-bond acceptors (Lipinski definition) is 3. The van der Waals surface area contributed by atoms with E-state index in [9.17, 15) is 4.79 Å². The van der Waals surface area contributed by atoms with Crippen molar-refractivity contribution in [1.82, 2.24) is 10.2 Å². The number of benzene rings is 2. The number of nitrogens with zero attached hydrogens (tertiary/aromatic N) is 1. The van der Waals surface area contributed by atoms with Gasteiger partial charge in [-0.1, -0.05) is 40.2 Å². The van der Waals surface area contributed by atoms with Gasteiger partial charge in [-0.2, -0.15) is 0 Å². The van der Waals surface area contributed by atoms with Crippen LogP contribution in [0.5, 0.6) is 5.75 Å². The van der Waals surface area contributed by atoms with Crippen LogP contribution in [-0.2, 0) is 17.9 Å². The number of halogens is 1. The number of ether oxygens (including phenoxy) is 1. The van der Waals surface area contributed by atoms with E-state index in [1.165, 1.54) is 5.56 Å². The Balaban J connectivity index is 1.43. The van der Waals surface area contributed by atoms with Crippen LogP contribution in [0.15, 0.2) is 53.0 Å². The minimum atomic E-state index is 0.108. The molecule has 4 nitrogen and oxygen atoms in total. The van der Waals surface area contributed by atoms with Crippen molar-refractivity contribution >= 4 is 21.8 Å². The van der Waals surface area contributed by atoms with E-state index in [0.717, 1.165) is 48.3 Å². The van der Waals surface area contributed by atoms with Crippen LogP contribution in [0.3, 0.4) is 0 Å². The van der Waals surface area contributed by atoms with Gasteiger partial charge in [0.05, 0.1) is 6.10 Å². The van der Waals surface area contributed by atoms with E-state index in [0.29, 0.717) is 6.54 Å². The van der Waals surface area contributed by atoms with E-state index in [-0.39, 0.29) is 17.9 Å². The minimum Gasteiger partial charge on any atom is -0.491 e. The Kier molecular flexibility index (Phi) is 7.51. The zero-order valence-electron chi connectivity index (χ0n) is 16.7. The largest absolute Gasteiger partial charge is 0.491 e. The summed E-state index contributed by atoms with van der Waals surface area (Å²) in [6, 6.07) is 16.4. The first-order chi connectivity index (χ1) is 13.5. The number of likely N-dealkylation sites (tertiary alicyclic amines) is 1. The fourth-order valence-corrected chi connectivity index (χ4v) is 3.80. The van der Waals surface area contributed by atoms with Crippen molar-refractivity contribution in [3.05, 3.63) is 64.1 Å². The van der Waals surface area contributed by atoms with Gasteiger partial charge >= 0.3 is 0 Å². The highest BCUT2D eigenvalue weighted by molar-refractivity contribution is 9.10. The van der Waals surface area contributed by atoms with Gasteiger partial charge in [0, 0.05) is 23.5 Å². The maximum absolute atomic E-state index is 12.6. The summed E-state index contributed by atoms with van der Waals surface area (Å²) < 4.78 is 6.83. The van der Waals surface area contributed by atoms with Crippen LogP contribution in [0.25, 0.3) is 0 Å². The van der Waals surface area contributed by atoms with Crippen molar-refractivity contribution in [3.8, 4) is 5.75 Å². The Labute approximate surface area is 176 Å². The summed E-state index contributed by atoms with van der Waals surface area (Å²) in [4.78, 5) is 15.0. The lowest BCUT2D eigenvalue weighted by molar-refractivity contribution is -0.126. The van der Waals surface area contributed by atoms with Crippen LogP contribution in [0.4, 0.5) is 0 Å². The Morgan fingerprint density at radius 3 is 2.54 bits per heavy atom. The highest BCUT2D eigenvalue weighted by Gasteiger charge is 2.24. The molecule has 5 heteroatoms. The summed E-state index contributed by atoms with van der Waals surface area (Å²) in [6.45, 7) is 7.45. The first-order valence-electron chi connectivity index (χ1n) is 9.99. The molecule has 2 aromatic rings. The molecule has 0 aromatic heterocycles. The molecule has 1 fully saturated rings. The lowest BCUT2D eigenvalue weighted by Crippen LogP contribution is -2.40. The van der Waals surface area contributed by atoms with Crippen molar-refractivity contribution in [2.75, 3.05) is 13.1 Å². The molecule has 0 atom stereocenters. The zero-order valence-corrected chi connectivity index (χ0v) is 18.2. The third kappa shape index (κ3) is 6.35. The van der Waals surface area contributed by atoms with Gasteiger partial charge in [-0.3, -0.25) is 9.69 Å². The van der Waals surface area contributed by atoms with E-state index >= 15 is 0 Å². The smallest absolute Gasteiger partial charge is 0.223 e. The molecule has 1 heterocycles. The number of rotatable bonds is 7. The van der Waals surface area contributed by atoms with Crippen LogP contribution in [0.2, 0.25) is 0 Å². The van der Waals surface area contributed by atoms with Crippen molar-refractivity contribution < 1.29 is 9.53 Å². The van der Waals surface area contributed by atoms with Crippen molar-refractivity contribution in [3.63, 3.8) is 0 Å². The minimum absolute atomic E-state index is 0.108. The molecule has 0 unspecified atom stereocenters. The molecule has 1 aliphatic heterocycles. The summed E-state index contributed by atoms with van der Waals surface area (Å²) >= 11 is 3.48. The van der Waals surface area contributed by atoms with Crippen molar-refractivity contribution in [2.45, 2.75) is 45.9 Å². The number of carbonyl (C=O) groups is 1. The maximum Gasteiger partial charge on any atom is 0.223 e.